The Balaban J connectivity index is 1.93. The average Bonchev–Trinajstić information content (AvgIpc) is 2.81. The number of rotatable bonds is 2. The van der Waals surface area contributed by atoms with Crippen LogP contribution in [0.1, 0.15) is 33.1 Å². The maximum Gasteiger partial charge on any atom is 0.226 e. The molecule has 2 aromatic rings. The Morgan fingerprint density at radius 3 is 2.79 bits per heavy atom. The van der Waals surface area contributed by atoms with Crippen molar-refractivity contribution in [1.29, 1.82) is 0 Å². The summed E-state index contributed by atoms with van der Waals surface area (Å²) in [7, 11) is 0. The molecule has 0 bridgehead atoms. The maximum absolute atomic E-state index is 5.94. The monoisotopic (exact) mass is 280 g/mol. The lowest BCUT2D eigenvalue weighted by Gasteiger charge is -2.39. The molecule has 6 nitrogen and oxygen atoms in total. The van der Waals surface area contributed by atoms with Crippen molar-refractivity contribution in [3.63, 3.8) is 0 Å². The van der Waals surface area contributed by atoms with Gasteiger partial charge in [-0.25, -0.2) is 9.99 Å². The van der Waals surface area contributed by atoms with Crippen LogP contribution in [-0.4, -0.2) is 37.0 Å². The van der Waals surface area contributed by atoms with Crippen LogP contribution in [0.25, 0.3) is 11.2 Å². The third-order valence-electron chi connectivity index (χ3n) is 3.69. The molecule has 2 aromatic heterocycles. The van der Waals surface area contributed by atoms with E-state index in [9.17, 15) is 0 Å². The number of nitrogens with zero attached hydrogens (tertiary/aromatic N) is 4. The first-order valence-electron chi connectivity index (χ1n) is 6.57. The van der Waals surface area contributed by atoms with E-state index in [1.54, 1.807) is 6.33 Å². The number of hydrogen-bond acceptors (Lipinski definition) is 5. The zero-order valence-electron chi connectivity index (χ0n) is 11.0. The van der Waals surface area contributed by atoms with Gasteiger partial charge in [-0.1, -0.05) is 6.42 Å². The normalized spacial score (nSPS) is 24.8. The van der Waals surface area contributed by atoms with E-state index in [1.807, 2.05) is 0 Å². The van der Waals surface area contributed by atoms with Gasteiger partial charge in [-0.3, -0.25) is 0 Å². The minimum absolute atomic E-state index is 0.208. The number of hydrazine groups is 1. The van der Waals surface area contributed by atoms with Gasteiger partial charge in [0.25, 0.3) is 0 Å². The van der Waals surface area contributed by atoms with Crippen molar-refractivity contribution < 1.29 is 0 Å². The molecule has 2 atom stereocenters. The van der Waals surface area contributed by atoms with Crippen molar-refractivity contribution in [2.75, 3.05) is 5.43 Å². The van der Waals surface area contributed by atoms with Crippen molar-refractivity contribution in [2.24, 2.45) is 0 Å². The summed E-state index contributed by atoms with van der Waals surface area (Å²) >= 11 is 5.94. The number of aromatic nitrogens is 4. The van der Waals surface area contributed by atoms with Gasteiger partial charge in [-0.15, -0.1) is 0 Å². The predicted octanol–water partition coefficient (Wildman–Crippen LogP) is 2.60. The molecule has 0 radical (unpaired) electrons. The SMILES string of the molecule is CC1CCCC(C)N1Nc1nc(Cl)nc2nc[nH]c12. The Labute approximate surface area is 116 Å². The van der Waals surface area contributed by atoms with Gasteiger partial charge in [0, 0.05) is 12.1 Å². The first-order chi connectivity index (χ1) is 9.15. The van der Waals surface area contributed by atoms with E-state index < -0.39 is 0 Å². The van der Waals surface area contributed by atoms with Crippen molar-refractivity contribution >= 4 is 28.6 Å². The fraction of sp³-hybridized carbons (Fsp3) is 0.583. The number of hydrogen-bond donors (Lipinski definition) is 2. The van der Waals surface area contributed by atoms with Gasteiger partial charge in [0.1, 0.15) is 5.52 Å². The number of aromatic amines is 1. The molecule has 1 saturated heterocycles. The van der Waals surface area contributed by atoms with Crippen LogP contribution >= 0.6 is 11.6 Å². The number of imidazole rings is 1. The lowest BCUT2D eigenvalue weighted by atomic mass is 10.00. The molecule has 7 heteroatoms. The number of halogens is 1. The molecular formula is C12H17ClN6. The highest BCUT2D eigenvalue weighted by Crippen LogP contribution is 2.25. The van der Waals surface area contributed by atoms with E-state index in [0.29, 0.717) is 23.5 Å². The molecule has 0 amide bonds. The first-order valence-corrected chi connectivity index (χ1v) is 6.94. The molecule has 1 aliphatic heterocycles. The Bertz CT molecular complexity index is 573. The van der Waals surface area contributed by atoms with Crippen LogP contribution in [0.5, 0.6) is 0 Å². The molecule has 0 spiro atoms. The molecule has 102 valence electrons. The van der Waals surface area contributed by atoms with E-state index in [-0.39, 0.29) is 5.28 Å². The third kappa shape index (κ3) is 2.37. The number of anilines is 1. The highest BCUT2D eigenvalue weighted by molar-refractivity contribution is 6.28. The van der Waals surface area contributed by atoms with Crippen LogP contribution in [0.4, 0.5) is 5.82 Å². The molecule has 0 aliphatic carbocycles. The molecule has 0 aromatic carbocycles. The summed E-state index contributed by atoms with van der Waals surface area (Å²) in [6.45, 7) is 4.44. The van der Waals surface area contributed by atoms with Gasteiger partial charge in [0.2, 0.25) is 5.28 Å². The summed E-state index contributed by atoms with van der Waals surface area (Å²) in [5, 5.41) is 2.45. The van der Waals surface area contributed by atoms with Crippen molar-refractivity contribution in [3.05, 3.63) is 11.6 Å². The van der Waals surface area contributed by atoms with Gasteiger partial charge >= 0.3 is 0 Å². The first kappa shape index (κ1) is 12.6. The second kappa shape index (κ2) is 4.94. The summed E-state index contributed by atoms with van der Waals surface area (Å²) in [6, 6.07) is 0.936. The van der Waals surface area contributed by atoms with E-state index in [0.717, 1.165) is 5.52 Å². The summed E-state index contributed by atoms with van der Waals surface area (Å²) in [5.74, 6) is 0.688. The molecule has 1 fully saturated rings. The zero-order valence-corrected chi connectivity index (χ0v) is 11.8. The van der Waals surface area contributed by atoms with Crippen LogP contribution < -0.4 is 5.43 Å². The lowest BCUT2D eigenvalue weighted by molar-refractivity contribution is 0.135. The second-order valence-electron chi connectivity index (χ2n) is 5.09. The minimum Gasteiger partial charge on any atom is -0.340 e. The van der Waals surface area contributed by atoms with Gasteiger partial charge in [0.05, 0.1) is 6.33 Å². The second-order valence-corrected chi connectivity index (χ2v) is 5.43. The van der Waals surface area contributed by atoms with E-state index in [1.165, 1.54) is 19.3 Å². The topological polar surface area (TPSA) is 69.7 Å². The number of piperidine rings is 1. The van der Waals surface area contributed by atoms with Crippen LogP contribution in [0.15, 0.2) is 6.33 Å². The maximum atomic E-state index is 5.94. The van der Waals surface area contributed by atoms with Crippen molar-refractivity contribution in [2.45, 2.75) is 45.2 Å². The zero-order chi connectivity index (χ0) is 13.4. The molecule has 1 aliphatic rings. The Hall–Kier alpha value is -1.40. The van der Waals surface area contributed by atoms with Gasteiger partial charge in [0.15, 0.2) is 11.5 Å². The fourth-order valence-corrected chi connectivity index (χ4v) is 2.82. The molecular weight excluding hydrogens is 264 g/mol. The van der Waals surface area contributed by atoms with Crippen LogP contribution in [0, 0.1) is 0 Å². The fourth-order valence-electron chi connectivity index (χ4n) is 2.65. The summed E-state index contributed by atoms with van der Waals surface area (Å²) in [4.78, 5) is 15.5. The number of fused-ring (bicyclic) bond motifs is 1. The highest BCUT2D eigenvalue weighted by atomic mass is 35.5. The molecule has 0 saturated carbocycles. The Morgan fingerprint density at radius 2 is 2.05 bits per heavy atom. The Kier molecular flexibility index (Phi) is 3.28. The number of nitrogens with one attached hydrogen (secondary N) is 2. The lowest BCUT2D eigenvalue weighted by Crippen LogP contribution is -2.47. The highest BCUT2D eigenvalue weighted by Gasteiger charge is 2.25. The molecule has 3 heterocycles. The van der Waals surface area contributed by atoms with Gasteiger partial charge in [-0.2, -0.15) is 9.97 Å². The predicted molar refractivity (Wildman–Crippen MR) is 74.9 cm³/mol. The van der Waals surface area contributed by atoms with Crippen LogP contribution in [0.2, 0.25) is 5.28 Å². The van der Waals surface area contributed by atoms with Gasteiger partial charge < -0.3 is 10.4 Å². The minimum atomic E-state index is 0.208. The third-order valence-corrected chi connectivity index (χ3v) is 3.86. The summed E-state index contributed by atoms with van der Waals surface area (Å²) in [5.41, 5.74) is 4.75. The van der Waals surface area contributed by atoms with E-state index >= 15 is 0 Å². The van der Waals surface area contributed by atoms with Crippen molar-refractivity contribution in [1.82, 2.24) is 24.9 Å². The standard InChI is InChI=1S/C12H17ClN6/c1-7-4-3-5-8(2)19(7)18-11-9-10(15-6-14-9)16-12(13)17-11/h6-8H,3-5H2,1-2H3,(H2,14,15,16,17,18). The van der Waals surface area contributed by atoms with E-state index in [2.05, 4.69) is 44.2 Å². The summed E-state index contributed by atoms with van der Waals surface area (Å²) < 4.78 is 0. The van der Waals surface area contributed by atoms with Crippen LogP contribution in [0.3, 0.4) is 0 Å². The number of H-pyrrole nitrogens is 1. The largest absolute Gasteiger partial charge is 0.340 e. The molecule has 3 rings (SSSR count). The quantitative estimate of drug-likeness (QED) is 0.828. The molecule has 2 N–H and O–H groups in total. The molecule has 19 heavy (non-hydrogen) atoms. The van der Waals surface area contributed by atoms with Gasteiger partial charge in [-0.05, 0) is 38.3 Å². The van der Waals surface area contributed by atoms with Crippen LogP contribution in [-0.2, 0) is 0 Å². The smallest absolute Gasteiger partial charge is 0.226 e. The summed E-state index contributed by atoms with van der Waals surface area (Å²) in [6.07, 6.45) is 5.24. The van der Waals surface area contributed by atoms with E-state index in [4.69, 9.17) is 11.6 Å². The van der Waals surface area contributed by atoms with Crippen molar-refractivity contribution in [3.8, 4) is 0 Å². The Morgan fingerprint density at radius 1 is 1.32 bits per heavy atom. The average molecular weight is 281 g/mol. The molecule has 2 unspecified atom stereocenters.